The number of hydrogen-bond acceptors (Lipinski definition) is 2. The van der Waals surface area contributed by atoms with Crippen LogP contribution in [0.4, 0.5) is 0 Å². The van der Waals surface area contributed by atoms with Gasteiger partial charge in [0.1, 0.15) is 0 Å². The Morgan fingerprint density at radius 3 is 2.32 bits per heavy atom. The van der Waals surface area contributed by atoms with E-state index in [4.69, 9.17) is 0 Å². The van der Waals surface area contributed by atoms with Gasteiger partial charge in [-0.05, 0) is 54.7 Å². The Morgan fingerprint density at radius 1 is 1.04 bits per heavy atom. The van der Waals surface area contributed by atoms with Crippen molar-refractivity contribution in [1.29, 1.82) is 0 Å². The average Bonchev–Trinajstić information content (AvgIpc) is 2.73. The molecule has 4 nitrogen and oxygen atoms in total. The molecule has 0 aromatic heterocycles. The molecule has 1 saturated heterocycles. The van der Waals surface area contributed by atoms with Crippen molar-refractivity contribution in [3.05, 3.63) is 71.3 Å². The van der Waals surface area contributed by atoms with Gasteiger partial charge in [0.15, 0.2) is 0 Å². The molecular weight excluding hydrogens is 350 g/mol. The molecule has 1 N–H and O–H groups in total. The molecule has 2 aromatic carbocycles. The largest absolute Gasteiger partial charge is 0.478 e. The van der Waals surface area contributed by atoms with E-state index in [1.54, 1.807) is 12.1 Å². The van der Waals surface area contributed by atoms with Crippen LogP contribution in [0.25, 0.3) is 0 Å². The number of carboxylic acids is 1. The minimum absolute atomic E-state index is 0.236. The zero-order valence-corrected chi connectivity index (χ0v) is 16.5. The number of nitrogens with zero attached hydrogens (tertiary/aromatic N) is 1. The number of likely N-dealkylation sites (tertiary alicyclic amines) is 1. The third-order valence-corrected chi connectivity index (χ3v) is 5.91. The molecule has 0 saturated carbocycles. The number of carbonyl (C=O) groups excluding carboxylic acids is 1. The average molecular weight is 380 g/mol. The highest BCUT2D eigenvalue weighted by atomic mass is 16.4. The van der Waals surface area contributed by atoms with E-state index in [2.05, 4.69) is 19.1 Å². The van der Waals surface area contributed by atoms with Gasteiger partial charge in [-0.15, -0.1) is 0 Å². The predicted octanol–water partition coefficient (Wildman–Crippen LogP) is 4.75. The molecule has 0 radical (unpaired) electrons. The predicted molar refractivity (Wildman–Crippen MR) is 111 cm³/mol. The van der Waals surface area contributed by atoms with Gasteiger partial charge in [0.2, 0.25) is 5.91 Å². The monoisotopic (exact) mass is 379 g/mol. The minimum Gasteiger partial charge on any atom is -0.478 e. The van der Waals surface area contributed by atoms with Crippen molar-refractivity contribution in [2.45, 2.75) is 44.9 Å². The van der Waals surface area contributed by atoms with Crippen molar-refractivity contribution in [2.24, 2.45) is 5.92 Å². The molecule has 1 heterocycles. The molecule has 4 heteroatoms. The van der Waals surface area contributed by atoms with E-state index in [0.717, 1.165) is 44.3 Å². The summed E-state index contributed by atoms with van der Waals surface area (Å²) in [5, 5.41) is 9.36. The second kappa shape index (κ2) is 9.54. The fourth-order valence-corrected chi connectivity index (χ4v) is 4.17. The maximum Gasteiger partial charge on any atom is 0.335 e. The van der Waals surface area contributed by atoms with Gasteiger partial charge in [0, 0.05) is 19.5 Å². The zero-order chi connectivity index (χ0) is 19.9. The van der Waals surface area contributed by atoms with Gasteiger partial charge in [-0.1, -0.05) is 55.5 Å². The van der Waals surface area contributed by atoms with Crippen molar-refractivity contribution in [3.63, 3.8) is 0 Å². The standard InChI is InChI=1S/C24H29NO3/c1-2-19(20-8-4-3-5-9-20)17-23(26)25-14-12-18(13-15-25)16-21-10-6-7-11-22(21)24(27)28/h3-11,18-19H,2,12-17H2,1H3,(H,27,28). The number of hydrogen-bond donors (Lipinski definition) is 1. The van der Waals surface area contributed by atoms with E-state index in [9.17, 15) is 14.7 Å². The molecule has 1 aliphatic heterocycles. The normalized spacial score (nSPS) is 16.0. The molecule has 2 aromatic rings. The molecular formula is C24H29NO3. The number of rotatable bonds is 7. The third-order valence-electron chi connectivity index (χ3n) is 5.91. The molecule has 28 heavy (non-hydrogen) atoms. The Hall–Kier alpha value is -2.62. The third kappa shape index (κ3) is 5.00. The van der Waals surface area contributed by atoms with E-state index >= 15 is 0 Å². The van der Waals surface area contributed by atoms with Gasteiger partial charge in [0.05, 0.1) is 5.56 Å². The molecule has 1 atom stereocenters. The van der Waals surface area contributed by atoms with E-state index < -0.39 is 5.97 Å². The van der Waals surface area contributed by atoms with Crippen molar-refractivity contribution in [1.82, 2.24) is 4.90 Å². The summed E-state index contributed by atoms with van der Waals surface area (Å²) in [5.41, 5.74) is 2.53. The van der Waals surface area contributed by atoms with Crippen LogP contribution >= 0.6 is 0 Å². The highest BCUT2D eigenvalue weighted by Crippen LogP contribution is 2.27. The van der Waals surface area contributed by atoms with E-state index in [-0.39, 0.29) is 11.8 Å². The van der Waals surface area contributed by atoms with Crippen LogP contribution in [0.3, 0.4) is 0 Å². The molecule has 1 amide bonds. The SMILES string of the molecule is CCC(CC(=O)N1CCC(Cc2ccccc2C(=O)O)CC1)c1ccccc1. The lowest BCUT2D eigenvalue weighted by Crippen LogP contribution is -2.39. The molecule has 0 aliphatic carbocycles. The van der Waals surface area contributed by atoms with Crippen molar-refractivity contribution < 1.29 is 14.7 Å². The van der Waals surface area contributed by atoms with Gasteiger partial charge >= 0.3 is 5.97 Å². The Morgan fingerprint density at radius 2 is 1.68 bits per heavy atom. The van der Waals surface area contributed by atoms with Gasteiger partial charge in [-0.25, -0.2) is 4.79 Å². The molecule has 3 rings (SSSR count). The molecule has 148 valence electrons. The summed E-state index contributed by atoms with van der Waals surface area (Å²) in [5.74, 6) is 0.0735. The summed E-state index contributed by atoms with van der Waals surface area (Å²) < 4.78 is 0. The fraction of sp³-hybridized carbons (Fsp3) is 0.417. The summed E-state index contributed by atoms with van der Waals surface area (Å²) >= 11 is 0. The Balaban J connectivity index is 1.54. The maximum atomic E-state index is 12.8. The van der Waals surface area contributed by atoms with Crippen LogP contribution in [-0.2, 0) is 11.2 Å². The molecule has 1 aliphatic rings. The smallest absolute Gasteiger partial charge is 0.335 e. The fourth-order valence-electron chi connectivity index (χ4n) is 4.17. The summed E-state index contributed by atoms with van der Waals surface area (Å²) in [6.07, 6.45) is 4.15. The first-order valence-corrected chi connectivity index (χ1v) is 10.2. The van der Waals surface area contributed by atoms with Crippen LogP contribution in [-0.4, -0.2) is 35.0 Å². The Kier molecular flexibility index (Phi) is 6.85. The summed E-state index contributed by atoms with van der Waals surface area (Å²) in [6.45, 7) is 3.67. The summed E-state index contributed by atoms with van der Waals surface area (Å²) in [6, 6.07) is 17.5. The number of amides is 1. The van der Waals surface area contributed by atoms with Crippen LogP contribution in [0, 0.1) is 5.92 Å². The molecule has 0 bridgehead atoms. The van der Waals surface area contributed by atoms with Gasteiger partial charge in [0.25, 0.3) is 0 Å². The van der Waals surface area contributed by atoms with Gasteiger partial charge in [-0.2, -0.15) is 0 Å². The lowest BCUT2D eigenvalue weighted by molar-refractivity contribution is -0.133. The number of benzene rings is 2. The van der Waals surface area contributed by atoms with Crippen LogP contribution in [0.1, 0.15) is 60.0 Å². The lowest BCUT2D eigenvalue weighted by Gasteiger charge is -2.33. The second-order valence-electron chi connectivity index (χ2n) is 7.71. The van der Waals surface area contributed by atoms with Crippen LogP contribution in [0.2, 0.25) is 0 Å². The van der Waals surface area contributed by atoms with Gasteiger partial charge in [-0.3, -0.25) is 4.79 Å². The first kappa shape index (κ1) is 20.1. The maximum absolute atomic E-state index is 12.8. The number of carboxylic acid groups (broad SMARTS) is 1. The molecule has 0 spiro atoms. The minimum atomic E-state index is -0.866. The highest BCUT2D eigenvalue weighted by molar-refractivity contribution is 5.89. The van der Waals surface area contributed by atoms with Crippen molar-refractivity contribution in [2.75, 3.05) is 13.1 Å². The quantitative estimate of drug-likeness (QED) is 0.755. The van der Waals surface area contributed by atoms with Crippen LogP contribution < -0.4 is 0 Å². The van der Waals surface area contributed by atoms with Crippen LogP contribution in [0.15, 0.2) is 54.6 Å². The molecule has 1 unspecified atom stereocenters. The van der Waals surface area contributed by atoms with Gasteiger partial charge < -0.3 is 10.0 Å². The lowest BCUT2D eigenvalue weighted by atomic mass is 9.87. The first-order chi connectivity index (χ1) is 13.6. The topological polar surface area (TPSA) is 57.6 Å². The second-order valence-corrected chi connectivity index (χ2v) is 7.71. The van der Waals surface area contributed by atoms with Crippen molar-refractivity contribution in [3.8, 4) is 0 Å². The van der Waals surface area contributed by atoms with Crippen LogP contribution in [0.5, 0.6) is 0 Å². The Bertz CT molecular complexity index is 795. The van der Waals surface area contributed by atoms with E-state index in [0.29, 0.717) is 17.9 Å². The molecule has 1 fully saturated rings. The summed E-state index contributed by atoms with van der Waals surface area (Å²) in [4.78, 5) is 26.2. The Labute approximate surface area is 167 Å². The summed E-state index contributed by atoms with van der Waals surface area (Å²) in [7, 11) is 0. The zero-order valence-electron chi connectivity index (χ0n) is 16.5. The highest BCUT2D eigenvalue weighted by Gasteiger charge is 2.25. The number of aromatic carboxylic acids is 1. The number of piperidine rings is 1. The van der Waals surface area contributed by atoms with E-state index in [1.807, 2.05) is 35.2 Å². The van der Waals surface area contributed by atoms with E-state index in [1.165, 1.54) is 5.56 Å². The van der Waals surface area contributed by atoms with Crippen molar-refractivity contribution >= 4 is 11.9 Å². The first-order valence-electron chi connectivity index (χ1n) is 10.2. The number of carbonyl (C=O) groups is 2.